The van der Waals surface area contributed by atoms with Crippen molar-refractivity contribution in [3.05, 3.63) is 60.8 Å². The SMILES string of the molecule is CC/C=C/C/C=C/C/C=C/C/C=C/C/C=C/CCCCCC(=O)OC[C@@H](COP(=O)([O-])OCC[N+](C)(C)C)OC(=O)CCCCCCCCCCCCCCCC. The van der Waals surface area contributed by atoms with Gasteiger partial charge in [-0.05, 0) is 57.8 Å². The van der Waals surface area contributed by atoms with Crippen LogP contribution in [0.4, 0.5) is 0 Å². The number of phosphoric ester groups is 1. The highest BCUT2D eigenvalue weighted by Gasteiger charge is 2.21. The maximum Gasteiger partial charge on any atom is 0.306 e. The molecule has 9 nitrogen and oxygen atoms in total. The number of ether oxygens (including phenoxy) is 2. The summed E-state index contributed by atoms with van der Waals surface area (Å²) in [6.07, 6.45) is 46.7. The van der Waals surface area contributed by atoms with E-state index in [9.17, 15) is 19.0 Å². The molecule has 0 amide bonds. The Morgan fingerprint density at radius 3 is 1.49 bits per heavy atom. The first kappa shape index (κ1) is 54.7. The lowest BCUT2D eigenvalue weighted by Gasteiger charge is -2.28. The highest BCUT2D eigenvalue weighted by atomic mass is 31.2. The van der Waals surface area contributed by atoms with Crippen LogP contribution in [-0.4, -0.2) is 70.0 Å². The molecule has 57 heavy (non-hydrogen) atoms. The highest BCUT2D eigenvalue weighted by Crippen LogP contribution is 2.38. The molecule has 0 bridgehead atoms. The van der Waals surface area contributed by atoms with Gasteiger partial charge in [0.25, 0.3) is 7.82 Å². The van der Waals surface area contributed by atoms with E-state index in [-0.39, 0.29) is 26.1 Å². The summed E-state index contributed by atoms with van der Waals surface area (Å²) in [6.45, 7) is 4.07. The maximum atomic E-state index is 12.7. The molecule has 10 heteroatoms. The minimum absolute atomic E-state index is 0.0378. The molecule has 0 fully saturated rings. The number of rotatable bonds is 40. The Labute approximate surface area is 349 Å². The average Bonchev–Trinajstić information content (AvgIpc) is 3.16. The van der Waals surface area contributed by atoms with Crippen LogP contribution >= 0.6 is 7.82 Å². The van der Waals surface area contributed by atoms with Crippen molar-refractivity contribution in [2.45, 2.75) is 180 Å². The van der Waals surface area contributed by atoms with Gasteiger partial charge in [-0.15, -0.1) is 0 Å². The molecule has 0 aliphatic heterocycles. The number of nitrogens with zero attached hydrogens (tertiary/aromatic N) is 1. The molecule has 0 aliphatic rings. The quantitative estimate of drug-likeness (QED) is 0.0197. The first-order valence-electron chi connectivity index (χ1n) is 22.5. The van der Waals surface area contributed by atoms with Gasteiger partial charge in [0, 0.05) is 12.8 Å². The molecule has 0 rings (SSSR count). The van der Waals surface area contributed by atoms with Crippen molar-refractivity contribution in [3.63, 3.8) is 0 Å². The summed E-state index contributed by atoms with van der Waals surface area (Å²) < 4.78 is 33.9. The lowest BCUT2D eigenvalue weighted by molar-refractivity contribution is -0.870. The van der Waals surface area contributed by atoms with Crippen LogP contribution < -0.4 is 4.89 Å². The van der Waals surface area contributed by atoms with Crippen LogP contribution in [0, 0.1) is 0 Å². The Morgan fingerprint density at radius 1 is 0.561 bits per heavy atom. The third-order valence-corrected chi connectivity index (χ3v) is 10.3. The van der Waals surface area contributed by atoms with Gasteiger partial charge in [-0.1, -0.05) is 164 Å². The molecular weight excluding hydrogens is 737 g/mol. The predicted octanol–water partition coefficient (Wildman–Crippen LogP) is 12.2. The molecule has 0 N–H and O–H groups in total. The zero-order valence-electron chi connectivity index (χ0n) is 37.0. The number of hydrogen-bond donors (Lipinski definition) is 0. The Kier molecular flexibility index (Phi) is 37.6. The van der Waals surface area contributed by atoms with E-state index in [4.69, 9.17) is 18.5 Å². The smallest absolute Gasteiger partial charge is 0.306 e. The maximum absolute atomic E-state index is 12.7. The number of phosphoric acid groups is 1. The van der Waals surface area contributed by atoms with Gasteiger partial charge in [0.05, 0.1) is 27.7 Å². The second-order valence-electron chi connectivity index (χ2n) is 16.0. The van der Waals surface area contributed by atoms with Crippen LogP contribution in [0.25, 0.3) is 0 Å². The fraction of sp³-hybridized carbons (Fsp3) is 0.745. The molecule has 0 aromatic rings. The number of carbonyl (C=O) groups excluding carboxylic acids is 2. The van der Waals surface area contributed by atoms with Gasteiger partial charge in [-0.25, -0.2) is 0 Å². The number of allylic oxidation sites excluding steroid dienone is 10. The molecule has 1 unspecified atom stereocenters. The van der Waals surface area contributed by atoms with Gasteiger partial charge < -0.3 is 27.9 Å². The molecule has 0 aromatic heterocycles. The van der Waals surface area contributed by atoms with Crippen molar-refractivity contribution in [1.82, 2.24) is 0 Å². The predicted molar refractivity (Wildman–Crippen MR) is 236 cm³/mol. The van der Waals surface area contributed by atoms with E-state index in [1.165, 1.54) is 64.2 Å². The number of quaternary nitrogens is 1. The Balaban J connectivity index is 4.40. The van der Waals surface area contributed by atoms with Crippen LogP contribution in [0.5, 0.6) is 0 Å². The first-order chi connectivity index (χ1) is 27.5. The van der Waals surface area contributed by atoms with E-state index in [2.05, 4.69) is 74.6 Å². The largest absolute Gasteiger partial charge is 0.756 e. The van der Waals surface area contributed by atoms with E-state index < -0.39 is 32.5 Å². The second-order valence-corrected chi connectivity index (χ2v) is 17.4. The minimum atomic E-state index is -4.63. The fourth-order valence-electron chi connectivity index (χ4n) is 5.80. The van der Waals surface area contributed by atoms with Crippen molar-refractivity contribution in [2.75, 3.05) is 47.5 Å². The molecule has 0 saturated heterocycles. The van der Waals surface area contributed by atoms with E-state index in [1.54, 1.807) is 0 Å². The van der Waals surface area contributed by atoms with Crippen LogP contribution in [0.3, 0.4) is 0 Å². The van der Waals surface area contributed by atoms with Crippen LogP contribution in [0.1, 0.15) is 174 Å². The monoisotopic (exact) mass is 822 g/mol. The summed E-state index contributed by atoms with van der Waals surface area (Å²) in [7, 11) is 1.14. The zero-order valence-corrected chi connectivity index (χ0v) is 37.9. The molecule has 0 saturated carbocycles. The van der Waals surface area contributed by atoms with Crippen LogP contribution in [0.15, 0.2) is 60.8 Å². The normalized spacial score (nSPS) is 14.1. The number of carbonyl (C=O) groups is 2. The minimum Gasteiger partial charge on any atom is -0.756 e. The van der Waals surface area contributed by atoms with E-state index in [0.29, 0.717) is 23.9 Å². The Hall–Kier alpha value is -2.29. The fourth-order valence-corrected chi connectivity index (χ4v) is 6.53. The zero-order chi connectivity index (χ0) is 42.1. The summed E-state index contributed by atoms with van der Waals surface area (Å²) in [5.41, 5.74) is 0. The molecule has 330 valence electrons. The number of unbranched alkanes of at least 4 members (excludes halogenated alkanes) is 16. The van der Waals surface area contributed by atoms with Crippen LogP contribution in [0.2, 0.25) is 0 Å². The van der Waals surface area contributed by atoms with Gasteiger partial charge in [-0.2, -0.15) is 0 Å². The van der Waals surface area contributed by atoms with Crippen molar-refractivity contribution in [3.8, 4) is 0 Å². The lowest BCUT2D eigenvalue weighted by atomic mass is 10.0. The average molecular weight is 822 g/mol. The van der Waals surface area contributed by atoms with E-state index in [0.717, 1.165) is 70.6 Å². The third kappa shape index (κ3) is 43.1. The van der Waals surface area contributed by atoms with Gasteiger partial charge in [0.15, 0.2) is 6.10 Å². The topological polar surface area (TPSA) is 111 Å². The molecule has 0 radical (unpaired) electrons. The molecule has 0 spiro atoms. The van der Waals surface area contributed by atoms with Gasteiger partial charge in [0.1, 0.15) is 19.8 Å². The Bertz CT molecular complexity index is 1160. The Morgan fingerprint density at radius 2 is 1.00 bits per heavy atom. The summed E-state index contributed by atoms with van der Waals surface area (Å²) in [6, 6.07) is 0. The number of likely N-dealkylation sites (N-methyl/N-ethyl adjacent to an activating group) is 1. The van der Waals surface area contributed by atoms with Gasteiger partial charge >= 0.3 is 11.9 Å². The summed E-state index contributed by atoms with van der Waals surface area (Å²) in [5, 5.41) is 0. The van der Waals surface area contributed by atoms with Gasteiger partial charge in [-0.3, -0.25) is 14.2 Å². The molecule has 0 aliphatic carbocycles. The first-order valence-corrected chi connectivity index (χ1v) is 24.0. The van der Waals surface area contributed by atoms with Crippen molar-refractivity contribution >= 4 is 19.8 Å². The van der Waals surface area contributed by atoms with Crippen molar-refractivity contribution in [2.24, 2.45) is 0 Å². The number of hydrogen-bond acceptors (Lipinski definition) is 8. The summed E-state index contributed by atoms with van der Waals surface area (Å²) >= 11 is 0. The highest BCUT2D eigenvalue weighted by molar-refractivity contribution is 7.45. The molecule has 0 heterocycles. The van der Waals surface area contributed by atoms with Crippen molar-refractivity contribution in [1.29, 1.82) is 0 Å². The molecule has 2 atom stereocenters. The lowest BCUT2D eigenvalue weighted by Crippen LogP contribution is -2.37. The molecule has 0 aromatic carbocycles. The summed E-state index contributed by atoms with van der Waals surface area (Å²) in [4.78, 5) is 37.5. The third-order valence-electron chi connectivity index (χ3n) is 9.30. The summed E-state index contributed by atoms with van der Waals surface area (Å²) in [5.74, 6) is -0.872. The number of esters is 2. The van der Waals surface area contributed by atoms with E-state index in [1.807, 2.05) is 21.1 Å². The van der Waals surface area contributed by atoms with Gasteiger partial charge in [0.2, 0.25) is 0 Å². The van der Waals surface area contributed by atoms with E-state index >= 15 is 0 Å². The van der Waals surface area contributed by atoms with Crippen LogP contribution in [-0.2, 0) is 32.7 Å². The standard InChI is InChI=1S/C47H84NO8P/c1-6-8-10-12-14-16-18-20-22-23-24-25-26-28-29-31-33-35-37-39-46(49)53-43-45(44-55-57(51,52)54-42-41-48(3,4)5)56-47(50)40-38-36-34-32-30-27-21-19-17-15-13-11-9-7-2/h8,10,14,16,20,22,24-25,28-29,45H,6-7,9,11-13,15,17-19,21,23,26-27,30-44H2,1-5H3/b10-8+,16-14+,22-20+,25-24+,29-28+/t45-/m0/s1. The van der Waals surface area contributed by atoms with Crippen molar-refractivity contribution < 1.29 is 42.1 Å². The second kappa shape index (κ2) is 39.2. The molecular formula is C47H84NO8P.